The van der Waals surface area contributed by atoms with Crippen LogP contribution in [-0.4, -0.2) is 62.1 Å². The standard InChI is InChI=1S/C30H35N5O2/c1-22-9-4-5-10-24(22)19-27(33(3)29(36)21-35-16-8-15-31-35)23-13-17-34(18-14-23)30(37)28-20-25-11-6-7-12-26(25)32(28)2/h4-12,15-16,20,23,27H,13-14,17-19,21H2,1-3H3. The number of aromatic nitrogens is 3. The molecule has 0 N–H and O–H groups in total. The summed E-state index contributed by atoms with van der Waals surface area (Å²) in [6, 6.07) is 20.4. The summed E-state index contributed by atoms with van der Waals surface area (Å²) in [4.78, 5) is 30.6. The molecule has 1 aliphatic rings. The van der Waals surface area contributed by atoms with Crippen LogP contribution in [0.2, 0.25) is 0 Å². The fourth-order valence-electron chi connectivity index (χ4n) is 5.66. The van der Waals surface area contributed by atoms with Crippen LogP contribution in [0.1, 0.15) is 34.5 Å². The highest BCUT2D eigenvalue weighted by Gasteiger charge is 2.33. The molecule has 0 bridgehead atoms. The van der Waals surface area contributed by atoms with Gasteiger partial charge in [0.05, 0.1) is 0 Å². The van der Waals surface area contributed by atoms with Crippen LogP contribution in [0, 0.1) is 12.8 Å². The SMILES string of the molecule is Cc1ccccc1CC(C1CCN(C(=O)c2cc3ccccc3n2C)CC1)N(C)C(=O)Cn1cccn1. The second-order valence-corrected chi connectivity index (χ2v) is 10.2. The molecule has 2 amide bonds. The molecule has 0 saturated carbocycles. The first-order valence-corrected chi connectivity index (χ1v) is 13.0. The molecule has 2 aromatic heterocycles. The summed E-state index contributed by atoms with van der Waals surface area (Å²) in [6.45, 7) is 3.74. The first kappa shape index (κ1) is 24.8. The Morgan fingerprint density at radius 1 is 1.05 bits per heavy atom. The van der Waals surface area contributed by atoms with Crippen LogP contribution in [0.5, 0.6) is 0 Å². The molecule has 192 valence electrons. The van der Waals surface area contributed by atoms with E-state index in [0.717, 1.165) is 35.9 Å². The van der Waals surface area contributed by atoms with Crippen molar-refractivity contribution < 1.29 is 9.59 Å². The molecule has 0 spiro atoms. The van der Waals surface area contributed by atoms with E-state index in [1.54, 1.807) is 10.9 Å². The van der Waals surface area contributed by atoms with Crippen molar-refractivity contribution in [3.8, 4) is 0 Å². The van der Waals surface area contributed by atoms with Crippen molar-refractivity contribution in [3.05, 3.63) is 89.9 Å². The van der Waals surface area contributed by atoms with Crippen molar-refractivity contribution in [1.29, 1.82) is 0 Å². The highest BCUT2D eigenvalue weighted by Crippen LogP contribution is 2.29. The molecule has 0 aliphatic carbocycles. The summed E-state index contributed by atoms with van der Waals surface area (Å²) >= 11 is 0. The third-order valence-corrected chi connectivity index (χ3v) is 7.98. The molecule has 1 saturated heterocycles. The molecule has 37 heavy (non-hydrogen) atoms. The second kappa shape index (κ2) is 10.6. The van der Waals surface area contributed by atoms with E-state index in [-0.39, 0.29) is 24.4 Å². The number of benzene rings is 2. The number of rotatable bonds is 7. The molecule has 1 atom stereocenters. The van der Waals surface area contributed by atoms with Gasteiger partial charge in [-0.1, -0.05) is 42.5 Å². The Hall–Kier alpha value is -3.87. The van der Waals surface area contributed by atoms with E-state index in [9.17, 15) is 9.59 Å². The van der Waals surface area contributed by atoms with Gasteiger partial charge in [0.2, 0.25) is 5.91 Å². The lowest BCUT2D eigenvalue weighted by Crippen LogP contribution is -2.49. The zero-order valence-electron chi connectivity index (χ0n) is 21.9. The number of hydrogen-bond acceptors (Lipinski definition) is 3. The van der Waals surface area contributed by atoms with E-state index in [1.165, 1.54) is 11.1 Å². The highest BCUT2D eigenvalue weighted by molar-refractivity contribution is 5.98. The fraction of sp³-hybridized carbons (Fsp3) is 0.367. The third-order valence-electron chi connectivity index (χ3n) is 7.98. The molecule has 1 unspecified atom stereocenters. The average molecular weight is 498 g/mol. The Bertz CT molecular complexity index is 1380. The van der Waals surface area contributed by atoms with Gasteiger partial charge in [-0.2, -0.15) is 5.10 Å². The van der Waals surface area contributed by atoms with Gasteiger partial charge < -0.3 is 14.4 Å². The molecular formula is C30H35N5O2. The van der Waals surface area contributed by atoms with Gasteiger partial charge in [-0.15, -0.1) is 0 Å². The van der Waals surface area contributed by atoms with Crippen LogP contribution in [0.3, 0.4) is 0 Å². The Morgan fingerprint density at radius 3 is 2.49 bits per heavy atom. The van der Waals surface area contributed by atoms with Gasteiger partial charge in [-0.3, -0.25) is 14.3 Å². The zero-order valence-corrected chi connectivity index (χ0v) is 21.9. The number of likely N-dealkylation sites (N-methyl/N-ethyl adjacent to an activating group) is 1. The van der Waals surface area contributed by atoms with Crippen molar-refractivity contribution in [2.45, 2.75) is 38.8 Å². The van der Waals surface area contributed by atoms with Crippen molar-refractivity contribution in [1.82, 2.24) is 24.1 Å². The van der Waals surface area contributed by atoms with Crippen LogP contribution >= 0.6 is 0 Å². The molecule has 2 aromatic carbocycles. The fourth-order valence-corrected chi connectivity index (χ4v) is 5.66. The van der Waals surface area contributed by atoms with E-state index in [0.29, 0.717) is 19.0 Å². The monoisotopic (exact) mass is 497 g/mol. The number of carbonyl (C=O) groups is 2. The van der Waals surface area contributed by atoms with Gasteiger partial charge in [0, 0.05) is 56.5 Å². The lowest BCUT2D eigenvalue weighted by Gasteiger charge is -2.40. The average Bonchev–Trinajstić information content (AvgIpc) is 3.55. The van der Waals surface area contributed by atoms with Gasteiger partial charge in [0.15, 0.2) is 0 Å². The van der Waals surface area contributed by atoms with Crippen LogP contribution < -0.4 is 0 Å². The molecule has 0 radical (unpaired) electrons. The number of piperidine rings is 1. The number of likely N-dealkylation sites (tertiary alicyclic amines) is 1. The minimum absolute atomic E-state index is 0.0521. The van der Waals surface area contributed by atoms with Gasteiger partial charge >= 0.3 is 0 Å². The quantitative estimate of drug-likeness (QED) is 0.382. The molecule has 1 aliphatic heterocycles. The zero-order chi connectivity index (χ0) is 25.9. The number of hydrogen-bond donors (Lipinski definition) is 0. The summed E-state index contributed by atoms with van der Waals surface area (Å²) in [6.07, 6.45) is 6.05. The normalized spacial score (nSPS) is 15.2. The third kappa shape index (κ3) is 5.17. The van der Waals surface area contributed by atoms with Crippen LogP contribution in [0.25, 0.3) is 10.9 Å². The summed E-state index contributed by atoms with van der Waals surface area (Å²) in [5.74, 6) is 0.440. The lowest BCUT2D eigenvalue weighted by atomic mass is 9.84. The van der Waals surface area contributed by atoms with E-state index >= 15 is 0 Å². The maximum absolute atomic E-state index is 13.5. The summed E-state index contributed by atoms with van der Waals surface area (Å²) in [5, 5.41) is 5.29. The van der Waals surface area contributed by atoms with Crippen LogP contribution in [-0.2, 0) is 24.8 Å². The van der Waals surface area contributed by atoms with Crippen molar-refractivity contribution in [2.75, 3.05) is 20.1 Å². The second-order valence-electron chi connectivity index (χ2n) is 10.2. The molecule has 4 aromatic rings. The summed E-state index contributed by atoms with van der Waals surface area (Å²) in [7, 11) is 3.88. The predicted octanol–water partition coefficient (Wildman–Crippen LogP) is 4.31. The topological polar surface area (TPSA) is 63.4 Å². The van der Waals surface area contributed by atoms with Crippen LogP contribution in [0.4, 0.5) is 0 Å². The van der Waals surface area contributed by atoms with Gasteiger partial charge in [0.25, 0.3) is 5.91 Å². The van der Waals surface area contributed by atoms with Gasteiger partial charge in [-0.25, -0.2) is 0 Å². The van der Waals surface area contributed by atoms with Crippen molar-refractivity contribution >= 4 is 22.7 Å². The van der Waals surface area contributed by atoms with Gasteiger partial charge in [0.1, 0.15) is 12.2 Å². The largest absolute Gasteiger partial charge is 0.341 e. The molecule has 5 rings (SSSR count). The lowest BCUT2D eigenvalue weighted by molar-refractivity contribution is -0.134. The number of aryl methyl sites for hydroxylation is 2. The maximum Gasteiger partial charge on any atom is 0.270 e. The Morgan fingerprint density at radius 2 is 1.78 bits per heavy atom. The number of para-hydroxylation sites is 1. The molecule has 3 heterocycles. The van der Waals surface area contributed by atoms with Crippen molar-refractivity contribution in [3.63, 3.8) is 0 Å². The maximum atomic E-state index is 13.5. The van der Waals surface area contributed by atoms with E-state index in [4.69, 9.17) is 0 Å². The Labute approximate surface area is 218 Å². The van der Waals surface area contributed by atoms with Gasteiger partial charge in [-0.05, 0) is 61.4 Å². The molecule has 7 nitrogen and oxygen atoms in total. The van der Waals surface area contributed by atoms with E-state index in [2.05, 4.69) is 36.3 Å². The number of fused-ring (bicyclic) bond motifs is 1. The van der Waals surface area contributed by atoms with Crippen molar-refractivity contribution in [2.24, 2.45) is 13.0 Å². The Kier molecular flexibility index (Phi) is 7.12. The van der Waals surface area contributed by atoms with E-state index in [1.807, 2.05) is 71.1 Å². The number of carbonyl (C=O) groups excluding carboxylic acids is 2. The Balaban J connectivity index is 1.31. The molecule has 1 fully saturated rings. The minimum atomic E-state index is 0.0521. The van der Waals surface area contributed by atoms with E-state index < -0.39 is 0 Å². The summed E-state index contributed by atoms with van der Waals surface area (Å²) in [5.41, 5.74) is 4.29. The molecular weight excluding hydrogens is 462 g/mol. The number of nitrogens with zero attached hydrogens (tertiary/aromatic N) is 5. The van der Waals surface area contributed by atoms with Crippen LogP contribution in [0.15, 0.2) is 73.1 Å². The first-order valence-electron chi connectivity index (χ1n) is 13.0. The predicted molar refractivity (Wildman–Crippen MR) is 145 cm³/mol. The number of amides is 2. The molecule has 7 heteroatoms. The minimum Gasteiger partial charge on any atom is -0.341 e. The summed E-state index contributed by atoms with van der Waals surface area (Å²) < 4.78 is 3.67. The highest BCUT2D eigenvalue weighted by atomic mass is 16.2. The smallest absolute Gasteiger partial charge is 0.270 e. The first-order chi connectivity index (χ1) is 17.9.